The maximum absolute atomic E-state index is 9.26. The standard InChI is InChI=1S/C7H6.C3H6O2.C2H5NO2/c1-2-6-4-7(3-1)5-6;1-2-4-5-3-1;1-3-2(4)5/h1-4H,5H2;1-3H2;3H,1H3,(H,4,5). The first-order valence-corrected chi connectivity index (χ1v) is 5.45. The van der Waals surface area contributed by atoms with E-state index in [1.807, 2.05) is 5.32 Å². The Morgan fingerprint density at radius 1 is 1.29 bits per heavy atom. The molecule has 5 heteroatoms. The second-order valence-electron chi connectivity index (χ2n) is 3.55. The maximum Gasteiger partial charge on any atom is 0.404 e. The third kappa shape index (κ3) is 5.89. The van der Waals surface area contributed by atoms with Gasteiger partial charge in [0.2, 0.25) is 0 Å². The normalized spacial score (nSPS) is 14.4. The summed E-state index contributed by atoms with van der Waals surface area (Å²) in [5, 5.41) is 9.56. The fraction of sp³-hybridized carbons (Fsp3) is 0.417. The van der Waals surface area contributed by atoms with Crippen molar-refractivity contribution in [1.29, 1.82) is 0 Å². The Hall–Kier alpha value is -1.59. The molecule has 17 heavy (non-hydrogen) atoms. The second-order valence-corrected chi connectivity index (χ2v) is 3.55. The van der Waals surface area contributed by atoms with Crippen LogP contribution in [0.5, 0.6) is 0 Å². The van der Waals surface area contributed by atoms with E-state index < -0.39 is 6.09 Å². The average Bonchev–Trinajstić information content (AvgIpc) is 2.88. The summed E-state index contributed by atoms with van der Waals surface area (Å²) in [5.74, 6) is 0. The van der Waals surface area contributed by atoms with Crippen molar-refractivity contribution in [2.75, 3.05) is 20.3 Å². The highest BCUT2D eigenvalue weighted by molar-refractivity contribution is 5.63. The molecule has 4 rings (SSSR count). The molecule has 1 amide bonds. The number of carbonyl (C=O) groups is 1. The Balaban J connectivity index is 0.000000132. The molecule has 94 valence electrons. The van der Waals surface area contributed by atoms with E-state index in [1.165, 1.54) is 24.6 Å². The predicted molar refractivity (Wildman–Crippen MR) is 62.9 cm³/mol. The van der Waals surface area contributed by atoms with Crippen molar-refractivity contribution in [3.8, 4) is 0 Å². The van der Waals surface area contributed by atoms with Crippen molar-refractivity contribution >= 4 is 6.09 Å². The van der Waals surface area contributed by atoms with Gasteiger partial charge in [0, 0.05) is 13.5 Å². The summed E-state index contributed by atoms with van der Waals surface area (Å²) in [5.41, 5.74) is 2.97. The van der Waals surface area contributed by atoms with Crippen LogP contribution in [-0.4, -0.2) is 31.5 Å². The summed E-state index contributed by atoms with van der Waals surface area (Å²) < 4.78 is 0. The maximum atomic E-state index is 9.26. The van der Waals surface area contributed by atoms with Crippen molar-refractivity contribution in [2.45, 2.75) is 12.8 Å². The smallest absolute Gasteiger partial charge is 0.404 e. The number of fused-ring (bicyclic) bond motifs is 2. The van der Waals surface area contributed by atoms with Crippen LogP contribution in [0.25, 0.3) is 0 Å². The van der Waals surface area contributed by atoms with Crippen molar-refractivity contribution in [3.63, 3.8) is 0 Å². The molecule has 1 fully saturated rings. The van der Waals surface area contributed by atoms with Crippen LogP contribution in [0.1, 0.15) is 17.5 Å². The molecule has 2 aliphatic carbocycles. The first kappa shape index (κ1) is 13.5. The Kier molecular flexibility index (Phi) is 6.06. The van der Waals surface area contributed by atoms with Crippen LogP contribution >= 0.6 is 0 Å². The van der Waals surface area contributed by atoms with E-state index in [4.69, 9.17) is 5.11 Å². The zero-order valence-electron chi connectivity index (χ0n) is 9.81. The monoisotopic (exact) mass is 239 g/mol. The van der Waals surface area contributed by atoms with Gasteiger partial charge in [-0.05, 0) is 17.5 Å². The van der Waals surface area contributed by atoms with E-state index in [9.17, 15) is 4.79 Å². The first-order valence-electron chi connectivity index (χ1n) is 5.45. The Morgan fingerprint density at radius 2 is 1.76 bits per heavy atom. The molecule has 0 saturated carbocycles. The molecule has 0 aromatic heterocycles. The van der Waals surface area contributed by atoms with Gasteiger partial charge in [-0.3, -0.25) is 0 Å². The van der Waals surface area contributed by atoms with Crippen LogP contribution in [0, 0.1) is 0 Å². The molecule has 0 unspecified atom stereocenters. The molecule has 0 spiro atoms. The van der Waals surface area contributed by atoms with E-state index in [2.05, 4.69) is 34.0 Å². The Bertz CT molecular complexity index is 318. The molecule has 1 aromatic carbocycles. The topological polar surface area (TPSA) is 67.8 Å². The van der Waals surface area contributed by atoms with Crippen molar-refractivity contribution < 1.29 is 19.7 Å². The number of amides is 1. The van der Waals surface area contributed by atoms with Crippen LogP contribution < -0.4 is 5.32 Å². The van der Waals surface area contributed by atoms with E-state index >= 15 is 0 Å². The number of benzene rings is 1. The van der Waals surface area contributed by atoms with Gasteiger partial charge in [0.15, 0.2) is 0 Å². The van der Waals surface area contributed by atoms with Gasteiger partial charge >= 0.3 is 6.09 Å². The number of carboxylic acid groups (broad SMARTS) is 1. The minimum absolute atomic E-state index is 0.778. The van der Waals surface area contributed by atoms with Gasteiger partial charge in [0.25, 0.3) is 0 Å². The highest BCUT2D eigenvalue weighted by atomic mass is 17.2. The lowest BCUT2D eigenvalue weighted by atomic mass is 9.94. The van der Waals surface area contributed by atoms with Gasteiger partial charge in [-0.2, -0.15) is 0 Å². The number of nitrogens with one attached hydrogen (secondary N) is 1. The first-order chi connectivity index (χ1) is 8.22. The van der Waals surface area contributed by atoms with Gasteiger partial charge < -0.3 is 10.4 Å². The molecule has 3 aliphatic rings. The van der Waals surface area contributed by atoms with Gasteiger partial charge in [-0.1, -0.05) is 24.3 Å². The molecular weight excluding hydrogens is 222 g/mol. The number of hydrogen-bond donors (Lipinski definition) is 2. The lowest BCUT2D eigenvalue weighted by Crippen LogP contribution is -2.13. The summed E-state index contributed by atoms with van der Waals surface area (Å²) in [6.45, 7) is 1.56. The molecule has 1 saturated heterocycles. The average molecular weight is 239 g/mol. The van der Waals surface area contributed by atoms with Gasteiger partial charge in [0.1, 0.15) is 0 Å². The highest BCUT2D eigenvalue weighted by Crippen LogP contribution is 2.18. The third-order valence-electron chi connectivity index (χ3n) is 2.15. The van der Waals surface area contributed by atoms with Crippen molar-refractivity contribution in [2.24, 2.45) is 0 Å². The minimum Gasteiger partial charge on any atom is -0.465 e. The van der Waals surface area contributed by atoms with Crippen LogP contribution in [-0.2, 0) is 16.2 Å². The van der Waals surface area contributed by atoms with E-state index in [-0.39, 0.29) is 0 Å². The van der Waals surface area contributed by atoms with Crippen LogP contribution in [0.2, 0.25) is 0 Å². The summed E-state index contributed by atoms with van der Waals surface area (Å²) >= 11 is 0. The summed E-state index contributed by atoms with van der Waals surface area (Å²) in [4.78, 5) is 18.1. The minimum atomic E-state index is -0.995. The van der Waals surface area contributed by atoms with Crippen LogP contribution in [0.15, 0.2) is 24.3 Å². The lowest BCUT2D eigenvalue weighted by Gasteiger charge is -2.11. The van der Waals surface area contributed by atoms with Crippen LogP contribution in [0.3, 0.4) is 0 Å². The molecule has 1 heterocycles. The van der Waals surface area contributed by atoms with Crippen LogP contribution in [0.4, 0.5) is 4.79 Å². The second kappa shape index (κ2) is 7.65. The largest absolute Gasteiger partial charge is 0.465 e. The van der Waals surface area contributed by atoms with Crippen molar-refractivity contribution in [3.05, 3.63) is 35.4 Å². The predicted octanol–water partition coefficient (Wildman–Crippen LogP) is 1.81. The Morgan fingerprint density at radius 3 is 1.88 bits per heavy atom. The summed E-state index contributed by atoms with van der Waals surface area (Å²) in [6, 6.07) is 8.65. The fourth-order valence-electron chi connectivity index (χ4n) is 1.25. The van der Waals surface area contributed by atoms with Crippen molar-refractivity contribution in [1.82, 2.24) is 5.32 Å². The van der Waals surface area contributed by atoms with E-state index in [0.717, 1.165) is 19.6 Å². The molecule has 2 bridgehead atoms. The zero-order chi connectivity index (χ0) is 12.5. The molecule has 2 N–H and O–H groups in total. The van der Waals surface area contributed by atoms with E-state index in [1.54, 1.807) is 0 Å². The summed E-state index contributed by atoms with van der Waals surface area (Å²) in [6.07, 6.45) is 1.28. The lowest BCUT2D eigenvalue weighted by molar-refractivity contribution is -0.248. The van der Waals surface area contributed by atoms with E-state index in [0.29, 0.717) is 0 Å². The molecular formula is C12H17NO4. The number of rotatable bonds is 0. The van der Waals surface area contributed by atoms with Gasteiger partial charge in [-0.15, -0.1) is 0 Å². The third-order valence-corrected chi connectivity index (χ3v) is 2.15. The molecule has 1 aliphatic heterocycles. The Labute approximate surface area is 100 Å². The molecule has 0 radical (unpaired) electrons. The molecule has 1 aromatic rings. The quantitative estimate of drug-likeness (QED) is 0.688. The highest BCUT2D eigenvalue weighted by Gasteiger charge is 2.04. The van der Waals surface area contributed by atoms with Gasteiger partial charge in [-0.25, -0.2) is 14.6 Å². The fourth-order valence-corrected chi connectivity index (χ4v) is 1.25. The number of hydrogen-bond acceptors (Lipinski definition) is 3. The molecule has 0 atom stereocenters. The van der Waals surface area contributed by atoms with Gasteiger partial charge in [0.05, 0.1) is 13.2 Å². The molecule has 5 nitrogen and oxygen atoms in total. The summed E-state index contributed by atoms with van der Waals surface area (Å²) in [7, 11) is 1.35. The zero-order valence-corrected chi connectivity index (χ0v) is 9.81. The SMILES string of the molecule is C1COOC1.CNC(=O)O.c1cc2cc(c1)C2.